The van der Waals surface area contributed by atoms with Crippen LogP contribution in [0.25, 0.3) is 10.9 Å². The number of nitrogens with zero attached hydrogens (tertiary/aromatic N) is 2. The van der Waals surface area contributed by atoms with Gasteiger partial charge in [-0.1, -0.05) is 26.0 Å². The molecule has 0 saturated heterocycles. The number of rotatable bonds is 9. The number of aromatic nitrogens is 1. The monoisotopic (exact) mass is 478 g/mol. The highest BCUT2D eigenvalue weighted by atomic mass is 17.2. The Labute approximate surface area is 206 Å². The van der Waals surface area contributed by atoms with Crippen LogP contribution in [0.15, 0.2) is 48.7 Å². The first kappa shape index (κ1) is 24.9. The summed E-state index contributed by atoms with van der Waals surface area (Å²) in [6.07, 6.45) is 2.97. The number of carbonyl (C=O) groups is 2. The van der Waals surface area contributed by atoms with E-state index >= 15 is 0 Å². The van der Waals surface area contributed by atoms with E-state index in [9.17, 15) is 9.59 Å². The normalized spacial score (nSPS) is 14.8. The SMILES string of the molecule is COc1ccc2c(c1)c(CCN1C(=O)c3ccccc3C1=O)cn2C(CC(C)C)OOC(C)(C)C. The van der Waals surface area contributed by atoms with Crippen molar-refractivity contribution in [3.05, 3.63) is 65.4 Å². The maximum absolute atomic E-state index is 12.8. The summed E-state index contributed by atoms with van der Waals surface area (Å²) >= 11 is 0. The van der Waals surface area contributed by atoms with Crippen LogP contribution in [0.5, 0.6) is 5.75 Å². The van der Waals surface area contributed by atoms with Gasteiger partial charge in [-0.15, -0.1) is 0 Å². The van der Waals surface area contributed by atoms with E-state index in [1.165, 1.54) is 4.90 Å². The molecule has 1 aromatic heterocycles. The molecule has 2 aromatic carbocycles. The van der Waals surface area contributed by atoms with E-state index in [2.05, 4.69) is 18.4 Å². The van der Waals surface area contributed by atoms with Gasteiger partial charge in [0.05, 0.1) is 29.4 Å². The summed E-state index contributed by atoms with van der Waals surface area (Å²) < 4.78 is 7.56. The highest BCUT2D eigenvalue weighted by Gasteiger charge is 2.35. The van der Waals surface area contributed by atoms with Gasteiger partial charge in [0.25, 0.3) is 11.8 Å². The molecule has 7 heteroatoms. The highest BCUT2D eigenvalue weighted by molar-refractivity contribution is 6.21. The lowest BCUT2D eigenvalue weighted by atomic mass is 10.1. The third-order valence-electron chi connectivity index (χ3n) is 6.00. The van der Waals surface area contributed by atoms with Crippen LogP contribution in [-0.2, 0) is 16.2 Å². The quantitative estimate of drug-likeness (QED) is 0.221. The summed E-state index contributed by atoms with van der Waals surface area (Å²) in [6, 6.07) is 12.9. The standard InChI is InChI=1S/C28H34N2O5/c1-18(2)15-25(34-35-28(3,4)5)30-17-19(23-16-20(33-6)11-12-24(23)30)13-14-29-26(31)21-9-7-8-10-22(21)27(29)32/h7-12,16-18,25H,13-15H2,1-6H3. The second-order valence-corrected chi connectivity index (χ2v) is 10.4. The lowest BCUT2D eigenvalue weighted by molar-refractivity contribution is -0.390. The minimum Gasteiger partial charge on any atom is -0.497 e. The number of ether oxygens (including phenoxy) is 1. The fraction of sp³-hybridized carbons (Fsp3) is 0.429. The first-order valence-electron chi connectivity index (χ1n) is 12.1. The van der Waals surface area contributed by atoms with Gasteiger partial charge >= 0.3 is 0 Å². The van der Waals surface area contributed by atoms with Gasteiger partial charge in [0.1, 0.15) is 5.75 Å². The molecule has 4 rings (SSSR count). The van der Waals surface area contributed by atoms with Gasteiger partial charge in [-0.05, 0) is 75.4 Å². The number of imide groups is 1. The predicted octanol–water partition coefficient (Wildman–Crippen LogP) is 5.78. The summed E-state index contributed by atoms with van der Waals surface area (Å²) in [7, 11) is 1.64. The number of fused-ring (bicyclic) bond motifs is 2. The van der Waals surface area contributed by atoms with Crippen molar-refractivity contribution in [2.45, 2.75) is 59.3 Å². The summed E-state index contributed by atoms with van der Waals surface area (Å²) in [4.78, 5) is 38.7. The first-order valence-corrected chi connectivity index (χ1v) is 12.1. The predicted molar refractivity (Wildman–Crippen MR) is 134 cm³/mol. The number of amides is 2. The van der Waals surface area contributed by atoms with Crippen molar-refractivity contribution >= 4 is 22.7 Å². The maximum atomic E-state index is 12.8. The van der Waals surface area contributed by atoms with Crippen LogP contribution >= 0.6 is 0 Å². The van der Waals surface area contributed by atoms with Gasteiger partial charge in [-0.3, -0.25) is 14.5 Å². The maximum Gasteiger partial charge on any atom is 0.261 e. The molecule has 7 nitrogen and oxygen atoms in total. The number of benzene rings is 2. The largest absolute Gasteiger partial charge is 0.497 e. The third kappa shape index (κ3) is 5.26. The topological polar surface area (TPSA) is 70.0 Å². The molecule has 0 fully saturated rings. The highest BCUT2D eigenvalue weighted by Crippen LogP contribution is 2.33. The van der Waals surface area contributed by atoms with Crippen molar-refractivity contribution in [3.63, 3.8) is 0 Å². The van der Waals surface area contributed by atoms with Crippen molar-refractivity contribution in [3.8, 4) is 5.75 Å². The Balaban J connectivity index is 1.66. The van der Waals surface area contributed by atoms with Crippen LogP contribution in [0.3, 0.4) is 0 Å². The van der Waals surface area contributed by atoms with Gasteiger partial charge in [-0.25, -0.2) is 9.78 Å². The van der Waals surface area contributed by atoms with Gasteiger partial charge in [0.15, 0.2) is 6.23 Å². The van der Waals surface area contributed by atoms with E-state index in [4.69, 9.17) is 14.5 Å². The van der Waals surface area contributed by atoms with Crippen molar-refractivity contribution < 1.29 is 24.1 Å². The van der Waals surface area contributed by atoms with Crippen LogP contribution in [-0.4, -0.2) is 40.5 Å². The zero-order chi connectivity index (χ0) is 25.3. The van der Waals surface area contributed by atoms with Crippen molar-refractivity contribution in [2.24, 2.45) is 5.92 Å². The van der Waals surface area contributed by atoms with Crippen LogP contribution in [0.2, 0.25) is 0 Å². The molecular formula is C28H34N2O5. The molecule has 0 saturated carbocycles. The van der Waals surface area contributed by atoms with Crippen molar-refractivity contribution in [2.75, 3.05) is 13.7 Å². The minimum atomic E-state index is -0.449. The molecule has 1 aliphatic rings. The van der Waals surface area contributed by atoms with Gasteiger partial charge in [0.2, 0.25) is 0 Å². The fourth-order valence-electron chi connectivity index (χ4n) is 4.35. The van der Waals surface area contributed by atoms with Gasteiger partial charge < -0.3 is 9.30 Å². The van der Waals surface area contributed by atoms with Crippen LogP contribution in [0.1, 0.15) is 73.5 Å². The smallest absolute Gasteiger partial charge is 0.261 e. The molecule has 0 radical (unpaired) electrons. The molecular weight excluding hydrogens is 444 g/mol. The molecule has 2 heterocycles. The average Bonchev–Trinajstić information content (AvgIpc) is 3.29. The molecule has 1 atom stereocenters. The molecule has 35 heavy (non-hydrogen) atoms. The fourth-order valence-corrected chi connectivity index (χ4v) is 4.35. The van der Waals surface area contributed by atoms with E-state index in [1.807, 2.05) is 45.2 Å². The minimum absolute atomic E-state index is 0.244. The molecule has 2 amide bonds. The zero-order valence-electron chi connectivity index (χ0n) is 21.3. The van der Waals surface area contributed by atoms with E-state index in [0.29, 0.717) is 23.5 Å². The molecule has 0 N–H and O–H groups in total. The number of carbonyl (C=O) groups excluding carboxylic acids is 2. The molecule has 3 aromatic rings. The van der Waals surface area contributed by atoms with Gasteiger partial charge in [0, 0.05) is 18.1 Å². The van der Waals surface area contributed by atoms with E-state index < -0.39 is 5.60 Å². The lowest BCUT2D eigenvalue weighted by Crippen LogP contribution is -2.31. The Morgan fingerprint density at radius 2 is 1.63 bits per heavy atom. The van der Waals surface area contributed by atoms with E-state index in [-0.39, 0.29) is 24.6 Å². The van der Waals surface area contributed by atoms with E-state index in [1.54, 1.807) is 31.4 Å². The second kappa shape index (κ2) is 9.84. The Kier molecular flexibility index (Phi) is 7.01. The molecule has 186 valence electrons. The molecule has 0 aliphatic carbocycles. The second-order valence-electron chi connectivity index (χ2n) is 10.4. The summed E-state index contributed by atoms with van der Waals surface area (Å²) in [5.41, 5.74) is 2.46. The van der Waals surface area contributed by atoms with Crippen LogP contribution in [0.4, 0.5) is 0 Å². The average molecular weight is 479 g/mol. The number of hydrogen-bond donors (Lipinski definition) is 0. The number of methoxy groups -OCH3 is 1. The summed E-state index contributed by atoms with van der Waals surface area (Å²) in [6.45, 7) is 10.4. The van der Waals surface area contributed by atoms with Gasteiger partial charge in [-0.2, -0.15) is 0 Å². The molecule has 0 bridgehead atoms. The van der Waals surface area contributed by atoms with Crippen molar-refractivity contribution in [1.82, 2.24) is 9.47 Å². The third-order valence-corrected chi connectivity index (χ3v) is 6.00. The molecule has 1 unspecified atom stereocenters. The summed E-state index contributed by atoms with van der Waals surface area (Å²) in [5, 5.41) is 0.995. The molecule has 1 aliphatic heterocycles. The van der Waals surface area contributed by atoms with Crippen molar-refractivity contribution in [1.29, 1.82) is 0 Å². The summed E-state index contributed by atoms with van der Waals surface area (Å²) in [5.74, 6) is 0.628. The Bertz CT molecular complexity index is 1200. The zero-order valence-corrected chi connectivity index (χ0v) is 21.3. The first-order chi connectivity index (χ1) is 16.6. The number of hydrogen-bond acceptors (Lipinski definition) is 5. The Morgan fingerprint density at radius 3 is 2.20 bits per heavy atom. The lowest BCUT2D eigenvalue weighted by Gasteiger charge is -2.26. The Hall–Kier alpha value is -3.16. The van der Waals surface area contributed by atoms with E-state index in [0.717, 1.165) is 28.6 Å². The van der Waals surface area contributed by atoms with Crippen LogP contribution in [0, 0.1) is 5.92 Å². The van der Waals surface area contributed by atoms with Crippen LogP contribution < -0.4 is 4.74 Å². The Morgan fingerprint density at radius 1 is 0.971 bits per heavy atom. The molecule has 0 spiro atoms.